The van der Waals surface area contributed by atoms with E-state index >= 15 is 0 Å². The number of hydrogen-bond acceptors (Lipinski definition) is 4. The Morgan fingerprint density at radius 1 is 1.08 bits per heavy atom. The minimum absolute atomic E-state index is 0.563. The van der Waals surface area contributed by atoms with Crippen LogP contribution in [0.5, 0.6) is 0 Å². The molecule has 1 saturated heterocycles. The molecule has 5 heteroatoms. The number of hydrogen-bond donors (Lipinski definition) is 0. The van der Waals surface area contributed by atoms with Crippen LogP contribution in [0.25, 0.3) is 11.3 Å². The molecule has 1 fully saturated rings. The lowest BCUT2D eigenvalue weighted by molar-refractivity contribution is 0.312. The molecule has 1 atom stereocenters. The fourth-order valence-electron chi connectivity index (χ4n) is 3.77. The summed E-state index contributed by atoms with van der Waals surface area (Å²) in [7, 11) is 0. The van der Waals surface area contributed by atoms with E-state index in [2.05, 4.69) is 49.7 Å². The fourth-order valence-corrected chi connectivity index (χ4v) is 3.77. The van der Waals surface area contributed by atoms with Gasteiger partial charge in [-0.1, -0.05) is 6.92 Å². The normalized spacial score (nSPS) is 17.7. The van der Waals surface area contributed by atoms with E-state index in [0.717, 1.165) is 43.9 Å². The lowest BCUT2D eigenvalue weighted by Crippen LogP contribution is -2.22. The van der Waals surface area contributed by atoms with Crippen LogP contribution in [0.3, 0.4) is 0 Å². The highest BCUT2D eigenvalue weighted by atomic mass is 15.2. The summed E-state index contributed by atoms with van der Waals surface area (Å²) in [6.45, 7) is 6.40. The van der Waals surface area contributed by atoms with Crippen molar-refractivity contribution in [1.29, 1.82) is 0 Å². The van der Waals surface area contributed by atoms with Crippen molar-refractivity contribution >= 4 is 0 Å². The maximum Gasteiger partial charge on any atom is 0.122 e. The minimum atomic E-state index is 0.563. The Bertz CT molecular complexity index is 842. The van der Waals surface area contributed by atoms with E-state index in [-0.39, 0.29) is 0 Å². The summed E-state index contributed by atoms with van der Waals surface area (Å²) in [6, 6.07) is 8.43. The summed E-state index contributed by atoms with van der Waals surface area (Å²) >= 11 is 0. The van der Waals surface area contributed by atoms with Crippen LogP contribution in [0, 0.1) is 0 Å². The molecule has 1 unspecified atom stereocenters. The average Bonchev–Trinajstić information content (AvgIpc) is 3.33. The van der Waals surface area contributed by atoms with Crippen LogP contribution in [0.4, 0.5) is 0 Å². The summed E-state index contributed by atoms with van der Waals surface area (Å²) in [5.41, 5.74) is 3.53. The number of aromatic nitrogens is 4. The van der Waals surface area contributed by atoms with Crippen molar-refractivity contribution in [3.05, 3.63) is 66.6 Å². The van der Waals surface area contributed by atoms with Crippen LogP contribution in [0.1, 0.15) is 37.1 Å². The molecule has 3 aromatic heterocycles. The predicted octanol–water partition coefficient (Wildman–Crippen LogP) is 3.74. The van der Waals surface area contributed by atoms with Gasteiger partial charge in [-0.05, 0) is 55.1 Å². The van der Waals surface area contributed by atoms with E-state index in [1.54, 1.807) is 0 Å². The van der Waals surface area contributed by atoms with E-state index in [9.17, 15) is 0 Å². The van der Waals surface area contributed by atoms with E-state index in [1.807, 2.05) is 36.9 Å². The molecule has 0 saturated carbocycles. The molecule has 5 nitrogen and oxygen atoms in total. The van der Waals surface area contributed by atoms with Gasteiger partial charge >= 0.3 is 0 Å². The van der Waals surface area contributed by atoms with Gasteiger partial charge in [0, 0.05) is 49.6 Å². The Kier molecular flexibility index (Phi) is 5.07. The smallest absolute Gasteiger partial charge is 0.122 e. The van der Waals surface area contributed by atoms with Crippen LogP contribution >= 0.6 is 0 Å². The first-order valence-corrected chi connectivity index (χ1v) is 9.42. The Hall–Kier alpha value is -2.53. The predicted molar refractivity (Wildman–Crippen MR) is 103 cm³/mol. The van der Waals surface area contributed by atoms with Crippen LogP contribution in [-0.2, 0) is 13.1 Å². The zero-order chi connectivity index (χ0) is 17.8. The molecule has 0 aromatic carbocycles. The van der Waals surface area contributed by atoms with Crippen molar-refractivity contribution in [3.8, 4) is 11.3 Å². The molecule has 1 aliphatic heterocycles. The molecule has 1 aliphatic rings. The van der Waals surface area contributed by atoms with E-state index in [4.69, 9.17) is 0 Å². The number of aryl methyl sites for hydroxylation is 1. The molecular weight excluding hydrogens is 322 g/mol. The molecule has 0 N–H and O–H groups in total. The van der Waals surface area contributed by atoms with Gasteiger partial charge in [0.1, 0.15) is 5.82 Å². The number of rotatable bonds is 6. The second-order valence-corrected chi connectivity index (χ2v) is 6.97. The van der Waals surface area contributed by atoms with Crippen molar-refractivity contribution in [3.63, 3.8) is 0 Å². The molecule has 0 bridgehead atoms. The van der Waals surface area contributed by atoms with Crippen LogP contribution in [-0.4, -0.2) is 37.5 Å². The number of imidazole rings is 1. The Morgan fingerprint density at radius 2 is 1.96 bits per heavy atom. The monoisotopic (exact) mass is 347 g/mol. The molecule has 0 aliphatic carbocycles. The van der Waals surface area contributed by atoms with Crippen molar-refractivity contribution in [2.24, 2.45) is 0 Å². The Labute approximate surface area is 154 Å². The van der Waals surface area contributed by atoms with Crippen molar-refractivity contribution in [2.45, 2.75) is 38.8 Å². The third-order valence-corrected chi connectivity index (χ3v) is 5.14. The maximum absolute atomic E-state index is 4.56. The molecular formula is C21H25N5. The van der Waals surface area contributed by atoms with Crippen molar-refractivity contribution in [1.82, 2.24) is 24.4 Å². The van der Waals surface area contributed by atoms with Crippen LogP contribution in [0.2, 0.25) is 0 Å². The fraction of sp³-hybridized carbons (Fsp3) is 0.381. The van der Waals surface area contributed by atoms with Crippen LogP contribution in [0.15, 0.2) is 55.2 Å². The first kappa shape index (κ1) is 16.9. The average molecular weight is 347 g/mol. The third-order valence-electron chi connectivity index (χ3n) is 5.14. The van der Waals surface area contributed by atoms with Gasteiger partial charge in [0.05, 0.1) is 12.2 Å². The van der Waals surface area contributed by atoms with Gasteiger partial charge < -0.3 is 4.57 Å². The number of nitrogens with zero attached hydrogens (tertiary/aromatic N) is 5. The van der Waals surface area contributed by atoms with Gasteiger partial charge in [0.2, 0.25) is 0 Å². The van der Waals surface area contributed by atoms with Gasteiger partial charge in [-0.15, -0.1) is 0 Å². The number of likely N-dealkylation sites (tertiary alicyclic amines) is 1. The third kappa shape index (κ3) is 3.68. The highest BCUT2D eigenvalue weighted by Gasteiger charge is 2.25. The zero-order valence-electron chi connectivity index (χ0n) is 15.3. The quantitative estimate of drug-likeness (QED) is 0.681. The number of pyridine rings is 2. The molecule has 0 amide bonds. The summed E-state index contributed by atoms with van der Waals surface area (Å²) in [5.74, 6) is 1.74. The molecule has 134 valence electrons. The van der Waals surface area contributed by atoms with Gasteiger partial charge in [-0.2, -0.15) is 0 Å². The lowest BCUT2D eigenvalue weighted by atomic mass is 9.98. The van der Waals surface area contributed by atoms with Crippen molar-refractivity contribution < 1.29 is 0 Å². The zero-order valence-corrected chi connectivity index (χ0v) is 15.3. The summed E-state index contributed by atoms with van der Waals surface area (Å²) in [4.78, 5) is 15.7. The highest BCUT2D eigenvalue weighted by molar-refractivity contribution is 5.59. The highest BCUT2D eigenvalue weighted by Crippen LogP contribution is 2.30. The maximum atomic E-state index is 4.56. The first-order valence-electron chi connectivity index (χ1n) is 9.42. The largest absolute Gasteiger partial charge is 0.334 e. The van der Waals surface area contributed by atoms with Gasteiger partial charge in [0.15, 0.2) is 0 Å². The Morgan fingerprint density at radius 3 is 2.81 bits per heavy atom. The molecule has 4 rings (SSSR count). The minimum Gasteiger partial charge on any atom is -0.334 e. The van der Waals surface area contributed by atoms with Gasteiger partial charge in [-0.3, -0.25) is 14.9 Å². The van der Waals surface area contributed by atoms with Crippen molar-refractivity contribution in [2.75, 3.05) is 13.1 Å². The first-order chi connectivity index (χ1) is 12.8. The van der Waals surface area contributed by atoms with Gasteiger partial charge in [0.25, 0.3) is 0 Å². The second-order valence-electron chi connectivity index (χ2n) is 6.97. The molecule has 3 aromatic rings. The molecule has 26 heavy (non-hydrogen) atoms. The summed E-state index contributed by atoms with van der Waals surface area (Å²) < 4.78 is 2.28. The van der Waals surface area contributed by atoms with Crippen LogP contribution < -0.4 is 0 Å². The molecule has 4 heterocycles. The standard InChI is InChI=1S/C21H25N5/c1-2-11-26-13-10-24-21(26)16-25-12-6-19(15-25)18-5-9-23-20(14-18)17-3-7-22-8-4-17/h3-5,7-10,13-14,19H,2,6,11-12,15-16H2,1H3. The Balaban J connectivity index is 1.45. The van der Waals surface area contributed by atoms with E-state index in [0.29, 0.717) is 5.92 Å². The molecule has 0 radical (unpaired) electrons. The topological polar surface area (TPSA) is 46.8 Å². The summed E-state index contributed by atoms with van der Waals surface area (Å²) in [6.07, 6.45) is 11.9. The SMILES string of the molecule is CCCn1ccnc1CN1CCC(c2ccnc(-c3ccncc3)c2)C1. The lowest BCUT2D eigenvalue weighted by Gasteiger charge is -2.17. The second kappa shape index (κ2) is 7.79. The van der Waals surface area contributed by atoms with Gasteiger partial charge in [-0.25, -0.2) is 4.98 Å². The van der Waals surface area contributed by atoms with E-state index in [1.165, 1.54) is 17.8 Å². The molecule has 0 spiro atoms. The summed E-state index contributed by atoms with van der Waals surface area (Å²) in [5, 5.41) is 0. The van der Waals surface area contributed by atoms with E-state index < -0.39 is 0 Å².